The molecular weight excluding hydrogens is 366 g/mol. The van der Waals surface area contributed by atoms with E-state index in [9.17, 15) is 5.11 Å². The van der Waals surface area contributed by atoms with Gasteiger partial charge >= 0.3 is 0 Å². The lowest BCUT2D eigenvalue weighted by molar-refractivity contribution is -0.0316. The molecule has 1 aromatic carbocycles. The number of ether oxygens (including phenoxy) is 3. The zero-order chi connectivity index (χ0) is 18.4. The maximum Gasteiger partial charge on any atom is 0.161 e. The molecular formula is C21H34ClNO4. The summed E-state index contributed by atoms with van der Waals surface area (Å²) in [5, 5.41) is 9.85. The average Bonchev–Trinajstić information content (AvgIpc) is 3.09. The highest BCUT2D eigenvalue weighted by atomic mass is 35.5. The first-order valence-corrected chi connectivity index (χ1v) is 10.0. The van der Waals surface area contributed by atoms with Crippen LogP contribution in [0.3, 0.4) is 0 Å². The minimum atomic E-state index is -0.158. The van der Waals surface area contributed by atoms with Crippen LogP contribution in [-0.2, 0) is 11.2 Å². The van der Waals surface area contributed by atoms with E-state index in [1.54, 1.807) is 7.11 Å². The lowest BCUT2D eigenvalue weighted by atomic mass is 9.91. The zero-order valence-electron chi connectivity index (χ0n) is 16.6. The van der Waals surface area contributed by atoms with Gasteiger partial charge in [-0.05, 0) is 50.3 Å². The van der Waals surface area contributed by atoms with Crippen molar-refractivity contribution >= 4 is 12.4 Å². The van der Waals surface area contributed by atoms with Crippen LogP contribution in [0.1, 0.15) is 44.6 Å². The number of benzene rings is 1. The number of aliphatic hydroxyl groups is 1. The van der Waals surface area contributed by atoms with Crippen LogP contribution in [-0.4, -0.2) is 61.7 Å². The van der Waals surface area contributed by atoms with Gasteiger partial charge in [-0.25, -0.2) is 0 Å². The fourth-order valence-corrected chi connectivity index (χ4v) is 4.23. The topological polar surface area (TPSA) is 51.2 Å². The second kappa shape index (κ2) is 11.1. The Morgan fingerprint density at radius 3 is 2.67 bits per heavy atom. The van der Waals surface area contributed by atoms with E-state index in [1.807, 2.05) is 19.1 Å². The smallest absolute Gasteiger partial charge is 0.161 e. The summed E-state index contributed by atoms with van der Waals surface area (Å²) < 4.78 is 17.3. The first-order valence-electron chi connectivity index (χ1n) is 10.0. The summed E-state index contributed by atoms with van der Waals surface area (Å²) in [6.45, 7) is 5.13. The monoisotopic (exact) mass is 399 g/mol. The van der Waals surface area contributed by atoms with Gasteiger partial charge in [0.05, 0.1) is 32.5 Å². The first kappa shape index (κ1) is 22.3. The van der Waals surface area contributed by atoms with E-state index in [1.165, 1.54) is 24.8 Å². The third kappa shape index (κ3) is 5.98. The summed E-state index contributed by atoms with van der Waals surface area (Å²) >= 11 is 0. The summed E-state index contributed by atoms with van der Waals surface area (Å²) in [5.41, 5.74) is 1.20. The molecule has 1 aliphatic heterocycles. The number of nitrogens with zero attached hydrogens (tertiary/aromatic N) is 1. The molecule has 2 fully saturated rings. The maximum absolute atomic E-state index is 9.85. The van der Waals surface area contributed by atoms with Crippen LogP contribution in [0, 0.1) is 0 Å². The van der Waals surface area contributed by atoms with Crippen LogP contribution < -0.4 is 9.47 Å². The van der Waals surface area contributed by atoms with Crippen LogP contribution in [0.4, 0.5) is 0 Å². The van der Waals surface area contributed by atoms with Crippen LogP contribution in [0.2, 0.25) is 0 Å². The molecule has 1 aromatic rings. The molecule has 3 rings (SSSR count). The lowest BCUT2D eigenvalue weighted by Gasteiger charge is -2.37. The Labute approximate surface area is 169 Å². The maximum atomic E-state index is 9.85. The van der Waals surface area contributed by atoms with E-state index in [4.69, 9.17) is 14.2 Å². The minimum Gasteiger partial charge on any atom is -0.493 e. The fourth-order valence-electron chi connectivity index (χ4n) is 4.23. The van der Waals surface area contributed by atoms with E-state index >= 15 is 0 Å². The quantitative estimate of drug-likeness (QED) is 0.725. The van der Waals surface area contributed by atoms with Crippen molar-refractivity contribution in [3.8, 4) is 11.5 Å². The van der Waals surface area contributed by atoms with Gasteiger partial charge in [-0.15, -0.1) is 12.4 Å². The molecule has 3 atom stereocenters. The number of hydrogen-bond donors (Lipinski definition) is 1. The summed E-state index contributed by atoms with van der Waals surface area (Å²) in [4.78, 5) is 2.44. The summed E-state index contributed by atoms with van der Waals surface area (Å²) in [6, 6.07) is 6.58. The van der Waals surface area contributed by atoms with Crippen molar-refractivity contribution in [2.24, 2.45) is 0 Å². The first-order chi connectivity index (χ1) is 12.7. The molecule has 0 amide bonds. The third-order valence-electron chi connectivity index (χ3n) is 5.58. The van der Waals surface area contributed by atoms with Crippen molar-refractivity contribution in [1.29, 1.82) is 0 Å². The summed E-state index contributed by atoms with van der Waals surface area (Å²) in [5.74, 6) is 1.57. The van der Waals surface area contributed by atoms with Gasteiger partial charge in [-0.1, -0.05) is 18.9 Å². The molecule has 0 spiro atoms. The van der Waals surface area contributed by atoms with Crippen molar-refractivity contribution in [3.05, 3.63) is 23.8 Å². The van der Waals surface area contributed by atoms with Gasteiger partial charge in [0.2, 0.25) is 0 Å². The molecule has 1 heterocycles. The highest BCUT2D eigenvalue weighted by Gasteiger charge is 2.34. The van der Waals surface area contributed by atoms with Crippen molar-refractivity contribution in [2.45, 2.75) is 63.7 Å². The molecule has 2 aliphatic rings. The van der Waals surface area contributed by atoms with Crippen LogP contribution in [0.25, 0.3) is 0 Å². The molecule has 1 saturated heterocycles. The van der Waals surface area contributed by atoms with Gasteiger partial charge in [0.25, 0.3) is 0 Å². The highest BCUT2D eigenvalue weighted by molar-refractivity contribution is 5.85. The predicted molar refractivity (Wildman–Crippen MR) is 109 cm³/mol. The number of aliphatic hydroxyl groups excluding tert-OH is 1. The molecule has 0 aromatic heterocycles. The molecule has 1 saturated carbocycles. The van der Waals surface area contributed by atoms with E-state index in [2.05, 4.69) is 11.0 Å². The molecule has 154 valence electrons. The fraction of sp³-hybridized carbons (Fsp3) is 0.714. The Hall–Kier alpha value is -1.01. The molecule has 0 unspecified atom stereocenters. The number of β-amino-alcohol motifs (C(OH)–C–C–N with tert-alkyl or cyclic N) is 1. The molecule has 6 heteroatoms. The molecule has 0 radical (unpaired) electrons. The molecule has 5 nitrogen and oxygen atoms in total. The minimum absolute atomic E-state index is 0. The van der Waals surface area contributed by atoms with Gasteiger partial charge in [0.1, 0.15) is 0 Å². The van der Waals surface area contributed by atoms with Gasteiger partial charge in [0.15, 0.2) is 11.5 Å². The average molecular weight is 400 g/mol. The lowest BCUT2D eigenvalue weighted by Crippen LogP contribution is -2.46. The number of likely N-dealkylation sites (tertiary alicyclic amines) is 1. The van der Waals surface area contributed by atoms with E-state index in [-0.39, 0.29) is 18.5 Å². The normalized spacial score (nSPS) is 25.8. The van der Waals surface area contributed by atoms with Crippen LogP contribution >= 0.6 is 12.4 Å². The van der Waals surface area contributed by atoms with Crippen molar-refractivity contribution in [3.63, 3.8) is 0 Å². The standard InChI is InChI=1S/C21H33NO4.ClH/c1-3-25-20-9-8-16(14-21(20)24-2)11-13-26-19-7-5-4-6-18(19)22-12-10-17(23)15-22;/h8-9,14,17-19,23H,3-7,10-13,15H2,1-2H3;1H/t17-,18-,19-;/m1./s1. The SMILES string of the molecule is CCOc1ccc(CCO[C@@H]2CCCC[C@H]2N2CC[C@@H](O)C2)cc1OC.Cl. The number of methoxy groups -OCH3 is 1. The Morgan fingerprint density at radius 2 is 1.96 bits per heavy atom. The van der Waals surface area contributed by atoms with Crippen LogP contribution in [0.5, 0.6) is 11.5 Å². The number of hydrogen-bond acceptors (Lipinski definition) is 5. The van der Waals surface area contributed by atoms with Crippen molar-refractivity contribution in [1.82, 2.24) is 4.90 Å². The zero-order valence-corrected chi connectivity index (χ0v) is 17.4. The van der Waals surface area contributed by atoms with Gasteiger partial charge in [0, 0.05) is 19.1 Å². The predicted octanol–water partition coefficient (Wildman–Crippen LogP) is 3.45. The Morgan fingerprint density at radius 1 is 1.15 bits per heavy atom. The number of halogens is 1. The molecule has 1 aliphatic carbocycles. The van der Waals surface area contributed by atoms with Crippen molar-refractivity contribution in [2.75, 3.05) is 33.4 Å². The largest absolute Gasteiger partial charge is 0.493 e. The van der Waals surface area contributed by atoms with E-state index in [0.717, 1.165) is 43.9 Å². The van der Waals surface area contributed by atoms with E-state index < -0.39 is 0 Å². The highest BCUT2D eigenvalue weighted by Crippen LogP contribution is 2.30. The van der Waals surface area contributed by atoms with Crippen molar-refractivity contribution < 1.29 is 19.3 Å². The Kier molecular flexibility index (Phi) is 9.16. The number of rotatable bonds is 8. The van der Waals surface area contributed by atoms with Gasteiger partial charge in [-0.3, -0.25) is 4.90 Å². The van der Waals surface area contributed by atoms with Gasteiger partial charge < -0.3 is 19.3 Å². The summed E-state index contributed by atoms with van der Waals surface area (Å²) in [6.07, 6.45) is 6.73. The third-order valence-corrected chi connectivity index (χ3v) is 5.58. The summed E-state index contributed by atoms with van der Waals surface area (Å²) in [7, 11) is 1.68. The Bertz CT molecular complexity index is 571. The van der Waals surface area contributed by atoms with E-state index in [0.29, 0.717) is 25.4 Å². The molecule has 1 N–H and O–H groups in total. The molecule has 0 bridgehead atoms. The molecule has 27 heavy (non-hydrogen) atoms. The second-order valence-electron chi connectivity index (χ2n) is 7.37. The Balaban J connectivity index is 0.00000261. The second-order valence-corrected chi connectivity index (χ2v) is 7.37. The van der Waals surface area contributed by atoms with Gasteiger partial charge in [-0.2, -0.15) is 0 Å². The van der Waals surface area contributed by atoms with Crippen LogP contribution in [0.15, 0.2) is 18.2 Å².